The Morgan fingerprint density at radius 2 is 2.00 bits per heavy atom. The summed E-state index contributed by atoms with van der Waals surface area (Å²) < 4.78 is 6.01. The Labute approximate surface area is 159 Å². The second-order valence-electron chi connectivity index (χ2n) is 5.72. The maximum absolute atomic E-state index is 12.4. The highest BCUT2D eigenvalue weighted by atomic mass is 32.1. The number of nitriles is 1. The van der Waals surface area contributed by atoms with Crippen molar-refractivity contribution in [3.05, 3.63) is 82.7 Å². The van der Waals surface area contributed by atoms with Crippen LogP contribution in [0.25, 0.3) is 10.9 Å². The number of ether oxygens (including phenoxy) is 1. The number of carbonyl (C=O) groups excluding carboxylic acids is 1. The van der Waals surface area contributed by atoms with Crippen LogP contribution < -0.4 is 10.1 Å². The molecule has 130 valence electrons. The second-order valence-corrected chi connectivity index (χ2v) is 6.46. The van der Waals surface area contributed by atoms with E-state index < -0.39 is 0 Å². The van der Waals surface area contributed by atoms with E-state index in [-0.39, 0.29) is 5.91 Å². The average Bonchev–Trinajstić information content (AvgIpc) is 3.18. The Balaban J connectivity index is 1.58. The number of fused-ring (bicyclic) bond motifs is 1. The molecule has 2 heterocycles. The number of para-hydroxylation sites is 1. The number of hydrogen-bond donors (Lipinski definition) is 1. The fourth-order valence-electron chi connectivity index (χ4n) is 2.68. The molecule has 0 atom stereocenters. The summed E-state index contributed by atoms with van der Waals surface area (Å²) in [6.45, 7) is 0. The molecule has 6 heteroatoms. The minimum Gasteiger partial charge on any atom is -0.457 e. The number of nitrogens with zero attached hydrogens (tertiary/aromatic N) is 2. The molecule has 4 aromatic rings. The van der Waals surface area contributed by atoms with E-state index in [1.165, 1.54) is 11.3 Å². The second kappa shape index (κ2) is 7.28. The molecule has 0 fully saturated rings. The molecule has 0 unspecified atom stereocenters. The number of pyridine rings is 1. The number of anilines is 1. The van der Waals surface area contributed by atoms with Gasteiger partial charge in [0.15, 0.2) is 0 Å². The summed E-state index contributed by atoms with van der Waals surface area (Å²) in [5.74, 6) is 0.961. The first-order valence-corrected chi connectivity index (χ1v) is 9.08. The highest BCUT2D eigenvalue weighted by Gasteiger charge is 2.13. The monoisotopic (exact) mass is 371 g/mol. The normalized spacial score (nSPS) is 10.3. The van der Waals surface area contributed by atoms with Gasteiger partial charge in [-0.05, 0) is 30.3 Å². The lowest BCUT2D eigenvalue weighted by molar-refractivity contribution is 0.102. The van der Waals surface area contributed by atoms with Gasteiger partial charge in [-0.1, -0.05) is 18.2 Å². The third-order valence-electron chi connectivity index (χ3n) is 3.96. The first-order valence-electron chi connectivity index (χ1n) is 8.14. The standard InChI is InChI=1S/C21H13N3O2S/c22-11-14-12-27-13-18(14)21(25)24-15-4-3-5-16(10-15)26-20-8-9-23-19-7-2-1-6-17(19)20/h1-10,12-13H,(H,24,25). The van der Waals surface area contributed by atoms with Crippen molar-refractivity contribution in [3.8, 4) is 17.6 Å². The predicted molar refractivity (Wildman–Crippen MR) is 105 cm³/mol. The first kappa shape index (κ1) is 16.8. The molecule has 5 nitrogen and oxygen atoms in total. The lowest BCUT2D eigenvalue weighted by Crippen LogP contribution is -2.12. The molecule has 0 bridgehead atoms. The van der Waals surface area contributed by atoms with Gasteiger partial charge in [-0.2, -0.15) is 16.6 Å². The molecule has 2 aromatic heterocycles. The van der Waals surface area contributed by atoms with E-state index in [0.717, 1.165) is 10.9 Å². The molecule has 0 spiro atoms. The van der Waals surface area contributed by atoms with Crippen LogP contribution >= 0.6 is 11.3 Å². The van der Waals surface area contributed by atoms with Crippen molar-refractivity contribution in [2.45, 2.75) is 0 Å². The molecule has 0 saturated carbocycles. The number of thiophene rings is 1. The molecule has 2 aromatic carbocycles. The van der Waals surface area contributed by atoms with Gasteiger partial charge < -0.3 is 10.1 Å². The summed E-state index contributed by atoms with van der Waals surface area (Å²) in [6.07, 6.45) is 1.70. The number of nitrogens with one attached hydrogen (secondary N) is 1. The number of rotatable bonds is 4. The molecule has 1 amide bonds. The zero-order valence-corrected chi connectivity index (χ0v) is 14.9. The minimum atomic E-state index is -0.320. The maximum atomic E-state index is 12.4. The summed E-state index contributed by atoms with van der Waals surface area (Å²) in [4.78, 5) is 16.7. The molecule has 0 saturated heterocycles. The number of carbonyl (C=O) groups is 1. The molecular weight excluding hydrogens is 358 g/mol. The number of hydrogen-bond acceptors (Lipinski definition) is 5. The van der Waals surface area contributed by atoms with E-state index in [0.29, 0.717) is 28.3 Å². The lowest BCUT2D eigenvalue weighted by atomic mass is 10.2. The SMILES string of the molecule is N#Cc1cscc1C(=O)Nc1cccc(Oc2ccnc3ccccc23)c1. The van der Waals surface area contributed by atoms with Crippen molar-refractivity contribution in [1.29, 1.82) is 5.26 Å². The van der Waals surface area contributed by atoms with Gasteiger partial charge >= 0.3 is 0 Å². The van der Waals surface area contributed by atoms with E-state index in [9.17, 15) is 4.79 Å². The first-order chi connectivity index (χ1) is 13.2. The Morgan fingerprint density at radius 1 is 1.11 bits per heavy atom. The van der Waals surface area contributed by atoms with Gasteiger partial charge in [-0.3, -0.25) is 9.78 Å². The van der Waals surface area contributed by atoms with Crippen molar-refractivity contribution < 1.29 is 9.53 Å². The van der Waals surface area contributed by atoms with Gasteiger partial charge in [-0.25, -0.2) is 0 Å². The molecular formula is C21H13N3O2S. The summed E-state index contributed by atoms with van der Waals surface area (Å²) in [5.41, 5.74) is 2.18. The summed E-state index contributed by atoms with van der Waals surface area (Å²) in [6, 6.07) is 18.7. The summed E-state index contributed by atoms with van der Waals surface area (Å²) in [7, 11) is 0. The third-order valence-corrected chi connectivity index (χ3v) is 4.70. The van der Waals surface area contributed by atoms with E-state index in [4.69, 9.17) is 10.00 Å². The van der Waals surface area contributed by atoms with Crippen LogP contribution in [-0.2, 0) is 0 Å². The van der Waals surface area contributed by atoms with Crippen LogP contribution in [0.5, 0.6) is 11.5 Å². The van der Waals surface area contributed by atoms with Crippen LogP contribution in [0, 0.1) is 11.3 Å². The van der Waals surface area contributed by atoms with Crippen molar-refractivity contribution >= 4 is 33.8 Å². The minimum absolute atomic E-state index is 0.320. The van der Waals surface area contributed by atoms with E-state index in [1.807, 2.05) is 36.4 Å². The highest BCUT2D eigenvalue weighted by molar-refractivity contribution is 7.08. The molecule has 4 rings (SSSR count). The molecule has 0 radical (unpaired) electrons. The largest absolute Gasteiger partial charge is 0.457 e. The van der Waals surface area contributed by atoms with Crippen LogP contribution in [0.2, 0.25) is 0 Å². The van der Waals surface area contributed by atoms with Crippen LogP contribution in [0.4, 0.5) is 5.69 Å². The molecule has 0 aliphatic carbocycles. The number of amides is 1. The summed E-state index contributed by atoms with van der Waals surface area (Å²) in [5, 5.41) is 16.1. The smallest absolute Gasteiger partial charge is 0.257 e. The Bertz CT molecular complexity index is 1170. The van der Waals surface area contributed by atoms with Crippen LogP contribution in [0.1, 0.15) is 15.9 Å². The Hall–Kier alpha value is -3.69. The Kier molecular flexibility index (Phi) is 4.52. The van der Waals surface area contributed by atoms with Crippen molar-refractivity contribution in [3.63, 3.8) is 0 Å². The Morgan fingerprint density at radius 3 is 2.89 bits per heavy atom. The molecule has 27 heavy (non-hydrogen) atoms. The fourth-order valence-corrected chi connectivity index (χ4v) is 3.43. The third kappa shape index (κ3) is 3.50. The predicted octanol–water partition coefficient (Wildman–Crippen LogP) is 5.21. The topological polar surface area (TPSA) is 75.0 Å². The number of benzene rings is 2. The van der Waals surface area contributed by atoms with Gasteiger partial charge in [0.2, 0.25) is 0 Å². The van der Waals surface area contributed by atoms with Gasteiger partial charge in [0, 0.05) is 34.1 Å². The molecule has 1 N–H and O–H groups in total. The van der Waals surface area contributed by atoms with Crippen molar-refractivity contribution in [1.82, 2.24) is 4.98 Å². The van der Waals surface area contributed by atoms with Gasteiger partial charge in [-0.15, -0.1) is 0 Å². The highest BCUT2D eigenvalue weighted by Crippen LogP contribution is 2.30. The zero-order valence-electron chi connectivity index (χ0n) is 14.0. The zero-order chi connectivity index (χ0) is 18.6. The van der Waals surface area contributed by atoms with E-state index in [1.54, 1.807) is 41.2 Å². The lowest BCUT2D eigenvalue weighted by Gasteiger charge is -2.10. The number of aromatic nitrogens is 1. The van der Waals surface area contributed by atoms with Crippen molar-refractivity contribution in [2.24, 2.45) is 0 Å². The van der Waals surface area contributed by atoms with Gasteiger partial charge in [0.05, 0.1) is 16.6 Å². The summed E-state index contributed by atoms with van der Waals surface area (Å²) >= 11 is 1.32. The quantitative estimate of drug-likeness (QED) is 0.534. The molecule has 0 aliphatic rings. The van der Waals surface area contributed by atoms with Crippen molar-refractivity contribution in [2.75, 3.05) is 5.32 Å². The van der Waals surface area contributed by atoms with Crippen LogP contribution in [0.3, 0.4) is 0 Å². The van der Waals surface area contributed by atoms with Gasteiger partial charge in [0.25, 0.3) is 5.91 Å². The van der Waals surface area contributed by atoms with Crippen LogP contribution in [0.15, 0.2) is 71.6 Å². The maximum Gasteiger partial charge on any atom is 0.257 e. The van der Waals surface area contributed by atoms with E-state index >= 15 is 0 Å². The van der Waals surface area contributed by atoms with E-state index in [2.05, 4.69) is 10.3 Å². The average molecular weight is 371 g/mol. The van der Waals surface area contributed by atoms with Crippen LogP contribution in [-0.4, -0.2) is 10.9 Å². The van der Waals surface area contributed by atoms with Gasteiger partial charge in [0.1, 0.15) is 17.6 Å². The fraction of sp³-hybridized carbons (Fsp3) is 0. The molecule has 0 aliphatic heterocycles.